The molecule has 0 aromatic heterocycles. The van der Waals surface area contributed by atoms with Gasteiger partial charge in [0.15, 0.2) is 0 Å². The van der Waals surface area contributed by atoms with Crippen molar-refractivity contribution in [2.24, 2.45) is 5.92 Å². The third-order valence-electron chi connectivity index (χ3n) is 3.77. The Labute approximate surface area is 126 Å². The number of alkyl halides is 2. The minimum atomic E-state index is -2.99. The van der Waals surface area contributed by atoms with Crippen molar-refractivity contribution in [1.82, 2.24) is 10.2 Å². The van der Waals surface area contributed by atoms with Crippen molar-refractivity contribution in [3.63, 3.8) is 0 Å². The van der Waals surface area contributed by atoms with Crippen molar-refractivity contribution in [1.29, 1.82) is 0 Å². The number of rotatable bonds is 6. The largest absolute Gasteiger partial charge is 0.478 e. The van der Waals surface area contributed by atoms with E-state index in [0.717, 1.165) is 18.5 Å². The van der Waals surface area contributed by atoms with Crippen molar-refractivity contribution in [2.75, 3.05) is 19.6 Å². The van der Waals surface area contributed by atoms with Crippen molar-refractivity contribution in [3.8, 4) is 0 Å². The van der Waals surface area contributed by atoms with Crippen LogP contribution in [0.1, 0.15) is 22.3 Å². The van der Waals surface area contributed by atoms with Gasteiger partial charge in [-0.05, 0) is 30.5 Å². The van der Waals surface area contributed by atoms with E-state index in [1.807, 2.05) is 0 Å². The van der Waals surface area contributed by atoms with Gasteiger partial charge in [0, 0.05) is 19.6 Å². The number of carboxylic acids is 1. The van der Waals surface area contributed by atoms with Gasteiger partial charge < -0.3 is 10.4 Å². The van der Waals surface area contributed by atoms with Gasteiger partial charge in [0.2, 0.25) is 0 Å². The Morgan fingerprint density at radius 1 is 1.36 bits per heavy atom. The first-order valence-corrected chi connectivity index (χ1v) is 7.06. The maximum absolute atomic E-state index is 12.1. The first-order chi connectivity index (χ1) is 10.5. The van der Waals surface area contributed by atoms with Crippen LogP contribution >= 0.6 is 0 Å². The zero-order valence-electron chi connectivity index (χ0n) is 12.0. The Morgan fingerprint density at radius 2 is 2.09 bits per heavy atom. The number of hydrogen-bond acceptors (Lipinski definition) is 3. The zero-order chi connectivity index (χ0) is 16.1. The summed E-state index contributed by atoms with van der Waals surface area (Å²) in [4.78, 5) is 24.1. The van der Waals surface area contributed by atoms with Gasteiger partial charge in [-0.3, -0.25) is 9.69 Å². The second kappa shape index (κ2) is 7.31. The van der Waals surface area contributed by atoms with Gasteiger partial charge in [0.1, 0.15) is 0 Å². The summed E-state index contributed by atoms with van der Waals surface area (Å²) in [6.45, 7) is 2.13. The monoisotopic (exact) mass is 312 g/mol. The smallest absolute Gasteiger partial charge is 0.336 e. The molecule has 1 fully saturated rings. The normalized spacial score (nSPS) is 18.6. The number of amides is 1. The lowest BCUT2D eigenvalue weighted by Crippen LogP contribution is -2.34. The maximum atomic E-state index is 12.1. The van der Waals surface area contributed by atoms with Crippen LogP contribution in [0.4, 0.5) is 8.78 Å². The lowest BCUT2D eigenvalue weighted by atomic mass is 10.1. The van der Waals surface area contributed by atoms with Crippen LogP contribution in [0.3, 0.4) is 0 Å². The van der Waals surface area contributed by atoms with Crippen LogP contribution < -0.4 is 5.32 Å². The summed E-state index contributed by atoms with van der Waals surface area (Å²) in [7, 11) is 0. The number of carbonyl (C=O) groups is 2. The van der Waals surface area contributed by atoms with Crippen molar-refractivity contribution in [2.45, 2.75) is 19.4 Å². The van der Waals surface area contributed by atoms with Crippen LogP contribution in [0.25, 0.3) is 0 Å². The summed E-state index contributed by atoms with van der Waals surface area (Å²) >= 11 is 0. The Bertz CT molecular complexity index is 551. The fourth-order valence-corrected chi connectivity index (χ4v) is 2.65. The van der Waals surface area contributed by atoms with Gasteiger partial charge in [0.05, 0.1) is 5.56 Å². The second-order valence-electron chi connectivity index (χ2n) is 5.40. The van der Waals surface area contributed by atoms with E-state index in [9.17, 15) is 18.4 Å². The highest BCUT2D eigenvalue weighted by molar-refractivity contribution is 5.89. The molecule has 0 unspecified atom stereocenters. The molecule has 0 aliphatic carbocycles. The summed E-state index contributed by atoms with van der Waals surface area (Å²) in [5, 5.41) is 11.4. The molecule has 2 rings (SSSR count). The summed E-state index contributed by atoms with van der Waals surface area (Å²) in [5.41, 5.74) is 1.00. The first-order valence-electron chi connectivity index (χ1n) is 7.06. The fraction of sp³-hybridized carbons (Fsp3) is 0.467. The van der Waals surface area contributed by atoms with E-state index in [0.29, 0.717) is 13.1 Å². The number of carbonyl (C=O) groups excluding carboxylic acids is 1. The van der Waals surface area contributed by atoms with Crippen LogP contribution in [-0.2, 0) is 11.3 Å². The molecule has 0 saturated carbocycles. The lowest BCUT2D eigenvalue weighted by molar-refractivity contribution is -0.131. The molecular formula is C15H18F2N2O3. The standard InChI is InChI=1S/C15H18F2N2O3/c16-13(17)14(20)18-7-10-5-6-19(8-10)9-11-3-1-2-4-12(11)15(21)22/h1-4,10,13H,5-9H2,(H,18,20)(H,21,22)/t10-/m1/s1. The van der Waals surface area contributed by atoms with Crippen LogP contribution in [0.15, 0.2) is 24.3 Å². The Morgan fingerprint density at radius 3 is 2.77 bits per heavy atom. The minimum Gasteiger partial charge on any atom is -0.478 e. The molecule has 1 atom stereocenters. The van der Waals surface area contributed by atoms with Gasteiger partial charge in [0.25, 0.3) is 5.91 Å². The number of hydrogen-bond donors (Lipinski definition) is 2. The molecular weight excluding hydrogens is 294 g/mol. The molecule has 120 valence electrons. The predicted molar refractivity (Wildman–Crippen MR) is 75.8 cm³/mol. The molecule has 1 aliphatic rings. The Kier molecular flexibility index (Phi) is 5.43. The molecule has 1 saturated heterocycles. The van der Waals surface area contributed by atoms with Gasteiger partial charge in [-0.15, -0.1) is 0 Å². The SMILES string of the molecule is O=C(O)c1ccccc1CN1CC[C@H](CNC(=O)C(F)F)C1. The number of likely N-dealkylation sites (tertiary alicyclic amines) is 1. The van der Waals surface area contributed by atoms with Gasteiger partial charge in [-0.25, -0.2) is 4.79 Å². The van der Waals surface area contributed by atoms with Crippen LogP contribution in [-0.4, -0.2) is 47.9 Å². The van der Waals surface area contributed by atoms with E-state index in [4.69, 9.17) is 5.11 Å². The minimum absolute atomic E-state index is 0.111. The second-order valence-corrected chi connectivity index (χ2v) is 5.40. The fourth-order valence-electron chi connectivity index (χ4n) is 2.65. The third kappa shape index (κ3) is 4.24. The molecule has 0 radical (unpaired) electrons. The third-order valence-corrected chi connectivity index (χ3v) is 3.77. The molecule has 0 spiro atoms. The molecule has 5 nitrogen and oxygen atoms in total. The molecule has 22 heavy (non-hydrogen) atoms. The highest BCUT2D eigenvalue weighted by atomic mass is 19.3. The molecule has 7 heteroatoms. The van der Waals surface area contributed by atoms with E-state index in [1.165, 1.54) is 0 Å². The van der Waals surface area contributed by atoms with E-state index < -0.39 is 18.3 Å². The Balaban J connectivity index is 1.87. The summed E-state index contributed by atoms with van der Waals surface area (Å²) in [5.74, 6) is -2.09. The number of nitrogens with zero attached hydrogens (tertiary/aromatic N) is 1. The van der Waals surface area contributed by atoms with E-state index in [2.05, 4.69) is 10.2 Å². The van der Waals surface area contributed by atoms with E-state index >= 15 is 0 Å². The molecule has 1 amide bonds. The number of aromatic carboxylic acids is 1. The lowest BCUT2D eigenvalue weighted by Gasteiger charge is -2.17. The van der Waals surface area contributed by atoms with Crippen LogP contribution in [0.2, 0.25) is 0 Å². The Hall–Kier alpha value is -2.02. The number of nitrogens with one attached hydrogen (secondary N) is 1. The predicted octanol–water partition coefficient (Wildman–Crippen LogP) is 1.59. The van der Waals surface area contributed by atoms with Crippen LogP contribution in [0, 0.1) is 5.92 Å². The van der Waals surface area contributed by atoms with Crippen LogP contribution in [0.5, 0.6) is 0 Å². The van der Waals surface area contributed by atoms with Crippen molar-refractivity contribution < 1.29 is 23.5 Å². The summed E-state index contributed by atoms with van der Waals surface area (Å²) < 4.78 is 24.2. The number of carboxylic acid groups (broad SMARTS) is 1. The van der Waals surface area contributed by atoms with Crippen molar-refractivity contribution in [3.05, 3.63) is 35.4 Å². The number of halogens is 2. The molecule has 0 bridgehead atoms. The molecule has 1 aromatic carbocycles. The van der Waals surface area contributed by atoms with E-state index in [-0.39, 0.29) is 18.0 Å². The quantitative estimate of drug-likeness (QED) is 0.837. The average molecular weight is 312 g/mol. The molecule has 2 N–H and O–H groups in total. The van der Waals surface area contributed by atoms with Gasteiger partial charge in [-0.2, -0.15) is 8.78 Å². The topological polar surface area (TPSA) is 69.6 Å². The maximum Gasteiger partial charge on any atom is 0.336 e. The molecule has 1 heterocycles. The summed E-state index contributed by atoms with van der Waals surface area (Å²) in [6.07, 6.45) is -2.20. The first kappa shape index (κ1) is 16.4. The molecule has 1 aliphatic heterocycles. The van der Waals surface area contributed by atoms with Gasteiger partial charge >= 0.3 is 12.4 Å². The highest BCUT2D eigenvalue weighted by Crippen LogP contribution is 2.20. The zero-order valence-corrected chi connectivity index (χ0v) is 12.0. The number of benzene rings is 1. The highest BCUT2D eigenvalue weighted by Gasteiger charge is 2.25. The summed E-state index contributed by atoms with van der Waals surface area (Å²) in [6, 6.07) is 6.81. The molecule has 1 aromatic rings. The van der Waals surface area contributed by atoms with Gasteiger partial charge in [-0.1, -0.05) is 18.2 Å². The van der Waals surface area contributed by atoms with Crippen molar-refractivity contribution >= 4 is 11.9 Å². The average Bonchev–Trinajstić information content (AvgIpc) is 2.92. The van der Waals surface area contributed by atoms with E-state index in [1.54, 1.807) is 24.3 Å².